The van der Waals surface area contributed by atoms with Crippen molar-refractivity contribution in [2.45, 2.75) is 26.4 Å². The highest BCUT2D eigenvalue weighted by molar-refractivity contribution is 6.02. The SMILES string of the molecule is CC(C)[C@@H](C(=O)O)N1Cc2ccc(-c3ccc(NC(=O)Nc4ccccc4)cc3)cc2C1=O. The van der Waals surface area contributed by atoms with Gasteiger partial charge < -0.3 is 20.6 Å². The van der Waals surface area contributed by atoms with E-state index in [1.54, 1.807) is 44.2 Å². The standard InChI is InChI=1S/C26H25N3O4/c1-16(2)23(25(31)32)29-15-19-9-8-18(14-22(19)24(29)30)17-10-12-21(13-11-17)28-26(33)27-20-6-4-3-5-7-20/h3-14,16,23H,15H2,1-2H3,(H,31,32)(H2,27,28,33)/t23-/m0/s1. The van der Waals surface area contributed by atoms with Gasteiger partial charge in [0.05, 0.1) is 0 Å². The Morgan fingerprint density at radius 2 is 1.48 bits per heavy atom. The van der Waals surface area contributed by atoms with Crippen LogP contribution < -0.4 is 10.6 Å². The van der Waals surface area contributed by atoms with Crippen molar-refractivity contribution in [3.05, 3.63) is 83.9 Å². The molecule has 0 aromatic heterocycles. The number of anilines is 2. The number of carboxylic acid groups (broad SMARTS) is 1. The Labute approximate surface area is 192 Å². The van der Waals surface area contributed by atoms with Crippen molar-refractivity contribution < 1.29 is 19.5 Å². The van der Waals surface area contributed by atoms with Gasteiger partial charge in [-0.05, 0) is 52.9 Å². The molecule has 0 unspecified atom stereocenters. The minimum Gasteiger partial charge on any atom is -0.480 e. The second-order valence-electron chi connectivity index (χ2n) is 8.35. The molecule has 4 rings (SSSR count). The molecule has 1 aliphatic rings. The maximum Gasteiger partial charge on any atom is 0.326 e. The lowest BCUT2D eigenvalue weighted by atomic mass is 10.00. The summed E-state index contributed by atoms with van der Waals surface area (Å²) in [7, 11) is 0. The second-order valence-corrected chi connectivity index (χ2v) is 8.35. The molecule has 0 saturated carbocycles. The number of hydrogen-bond acceptors (Lipinski definition) is 3. The molecule has 0 radical (unpaired) electrons. The smallest absolute Gasteiger partial charge is 0.326 e. The number of hydrogen-bond donors (Lipinski definition) is 3. The summed E-state index contributed by atoms with van der Waals surface area (Å²) in [6.07, 6.45) is 0. The van der Waals surface area contributed by atoms with Gasteiger partial charge in [-0.1, -0.05) is 56.3 Å². The Hall–Kier alpha value is -4.13. The number of amides is 3. The van der Waals surface area contributed by atoms with Gasteiger partial charge in [-0.15, -0.1) is 0 Å². The lowest BCUT2D eigenvalue weighted by Crippen LogP contribution is -2.44. The molecule has 3 N–H and O–H groups in total. The number of carbonyl (C=O) groups is 3. The van der Waals surface area contributed by atoms with Crippen molar-refractivity contribution in [3.63, 3.8) is 0 Å². The van der Waals surface area contributed by atoms with E-state index in [0.717, 1.165) is 16.7 Å². The van der Waals surface area contributed by atoms with Crippen molar-refractivity contribution in [2.75, 3.05) is 10.6 Å². The second kappa shape index (κ2) is 9.16. The quantitative estimate of drug-likeness (QED) is 0.496. The highest BCUT2D eigenvalue weighted by Crippen LogP contribution is 2.31. The molecule has 0 fully saturated rings. The van der Waals surface area contributed by atoms with Gasteiger partial charge in [0.15, 0.2) is 0 Å². The maximum absolute atomic E-state index is 13.0. The van der Waals surface area contributed by atoms with Gasteiger partial charge >= 0.3 is 12.0 Å². The highest BCUT2D eigenvalue weighted by Gasteiger charge is 2.38. The van der Waals surface area contributed by atoms with Crippen LogP contribution in [0, 0.1) is 5.92 Å². The van der Waals surface area contributed by atoms with E-state index in [0.29, 0.717) is 23.5 Å². The predicted octanol–water partition coefficient (Wildman–Crippen LogP) is 5.06. The Morgan fingerprint density at radius 3 is 2.09 bits per heavy atom. The number of benzene rings is 3. The van der Waals surface area contributed by atoms with Crippen molar-refractivity contribution in [1.29, 1.82) is 0 Å². The minimum atomic E-state index is -0.995. The fraction of sp³-hybridized carbons (Fsp3) is 0.192. The van der Waals surface area contributed by atoms with Crippen LogP contribution in [0.5, 0.6) is 0 Å². The third kappa shape index (κ3) is 4.72. The number of carboxylic acids is 1. The molecule has 7 heteroatoms. The van der Waals surface area contributed by atoms with Gasteiger partial charge in [0.25, 0.3) is 5.91 Å². The molecule has 3 aromatic rings. The van der Waals surface area contributed by atoms with Crippen LogP contribution in [-0.2, 0) is 11.3 Å². The van der Waals surface area contributed by atoms with E-state index < -0.39 is 12.0 Å². The summed E-state index contributed by atoms with van der Waals surface area (Å²) in [6, 6.07) is 20.9. The summed E-state index contributed by atoms with van der Waals surface area (Å²) < 4.78 is 0. The zero-order valence-corrected chi connectivity index (χ0v) is 18.4. The molecule has 3 amide bonds. The van der Waals surface area contributed by atoms with Crippen molar-refractivity contribution >= 4 is 29.3 Å². The molecular weight excluding hydrogens is 418 g/mol. The molecule has 1 aliphatic heterocycles. The Morgan fingerprint density at radius 1 is 0.879 bits per heavy atom. The molecule has 168 valence electrons. The first kappa shape index (κ1) is 22.1. The maximum atomic E-state index is 13.0. The molecule has 1 atom stereocenters. The van der Waals surface area contributed by atoms with Crippen LogP contribution in [0.3, 0.4) is 0 Å². The average Bonchev–Trinajstić information content (AvgIpc) is 3.10. The number of urea groups is 1. The van der Waals surface area contributed by atoms with Crippen molar-refractivity contribution in [1.82, 2.24) is 4.90 Å². The van der Waals surface area contributed by atoms with Gasteiger partial charge in [0.2, 0.25) is 0 Å². The third-order valence-electron chi connectivity index (χ3n) is 5.67. The van der Waals surface area contributed by atoms with Gasteiger partial charge in [0.1, 0.15) is 6.04 Å². The topological polar surface area (TPSA) is 98.7 Å². The first-order valence-corrected chi connectivity index (χ1v) is 10.7. The van der Waals surface area contributed by atoms with Crippen LogP contribution in [0.1, 0.15) is 29.8 Å². The molecule has 0 spiro atoms. The van der Waals surface area contributed by atoms with E-state index >= 15 is 0 Å². The van der Waals surface area contributed by atoms with E-state index in [9.17, 15) is 19.5 Å². The molecule has 1 heterocycles. The Bertz CT molecular complexity index is 1190. The van der Waals surface area contributed by atoms with Crippen LogP contribution >= 0.6 is 0 Å². The molecule has 3 aromatic carbocycles. The molecular formula is C26H25N3O4. The van der Waals surface area contributed by atoms with Gasteiger partial charge in [0, 0.05) is 23.5 Å². The normalized spacial score (nSPS) is 13.5. The Kier molecular flexibility index (Phi) is 6.13. The number of nitrogens with one attached hydrogen (secondary N) is 2. The number of rotatable bonds is 6. The van der Waals surface area contributed by atoms with Crippen molar-refractivity contribution in [3.8, 4) is 11.1 Å². The first-order valence-electron chi connectivity index (χ1n) is 10.7. The minimum absolute atomic E-state index is 0.195. The third-order valence-corrected chi connectivity index (χ3v) is 5.67. The monoisotopic (exact) mass is 443 g/mol. The summed E-state index contributed by atoms with van der Waals surface area (Å²) in [5, 5.41) is 15.1. The van der Waals surface area contributed by atoms with Crippen LogP contribution in [0.4, 0.5) is 16.2 Å². The zero-order valence-electron chi connectivity index (χ0n) is 18.4. The summed E-state index contributed by atoms with van der Waals surface area (Å²) in [6.45, 7) is 3.90. The molecule has 0 saturated heterocycles. The number of para-hydroxylation sites is 1. The van der Waals surface area contributed by atoms with E-state index in [1.807, 2.05) is 42.5 Å². The number of aliphatic carboxylic acids is 1. The van der Waals surface area contributed by atoms with Crippen LogP contribution in [-0.4, -0.2) is 34.0 Å². The van der Waals surface area contributed by atoms with Crippen LogP contribution in [0.15, 0.2) is 72.8 Å². The van der Waals surface area contributed by atoms with E-state index in [1.165, 1.54) is 4.90 Å². The Balaban J connectivity index is 1.48. The van der Waals surface area contributed by atoms with Gasteiger partial charge in [-0.25, -0.2) is 9.59 Å². The fourth-order valence-corrected chi connectivity index (χ4v) is 4.07. The first-order chi connectivity index (χ1) is 15.8. The summed E-state index contributed by atoms with van der Waals surface area (Å²) in [4.78, 5) is 38.3. The van der Waals surface area contributed by atoms with Gasteiger partial charge in [-0.3, -0.25) is 4.79 Å². The largest absolute Gasteiger partial charge is 0.480 e. The molecule has 0 bridgehead atoms. The summed E-state index contributed by atoms with van der Waals surface area (Å²) in [5.41, 5.74) is 4.43. The molecule has 0 aliphatic carbocycles. The molecule has 33 heavy (non-hydrogen) atoms. The predicted molar refractivity (Wildman–Crippen MR) is 127 cm³/mol. The fourth-order valence-electron chi connectivity index (χ4n) is 4.07. The average molecular weight is 444 g/mol. The van der Waals surface area contributed by atoms with Crippen LogP contribution in [0.25, 0.3) is 11.1 Å². The lowest BCUT2D eigenvalue weighted by molar-refractivity contribution is -0.144. The number of carbonyl (C=O) groups excluding carboxylic acids is 2. The molecule has 7 nitrogen and oxygen atoms in total. The summed E-state index contributed by atoms with van der Waals surface area (Å²) >= 11 is 0. The van der Waals surface area contributed by atoms with E-state index in [-0.39, 0.29) is 17.9 Å². The number of fused-ring (bicyclic) bond motifs is 1. The summed E-state index contributed by atoms with van der Waals surface area (Å²) in [5.74, 6) is -1.45. The zero-order chi connectivity index (χ0) is 23.5. The van der Waals surface area contributed by atoms with Crippen molar-refractivity contribution in [2.24, 2.45) is 5.92 Å². The number of nitrogens with zero attached hydrogens (tertiary/aromatic N) is 1. The van der Waals surface area contributed by atoms with E-state index in [2.05, 4.69) is 10.6 Å². The van der Waals surface area contributed by atoms with Gasteiger partial charge in [-0.2, -0.15) is 0 Å². The van der Waals surface area contributed by atoms with Crippen LogP contribution in [0.2, 0.25) is 0 Å². The lowest BCUT2D eigenvalue weighted by Gasteiger charge is -2.27. The highest BCUT2D eigenvalue weighted by atomic mass is 16.4. The van der Waals surface area contributed by atoms with E-state index in [4.69, 9.17) is 0 Å².